The molecule has 0 aliphatic heterocycles. The lowest BCUT2D eigenvalue weighted by atomic mass is 10.2. The van der Waals surface area contributed by atoms with Gasteiger partial charge in [-0.3, -0.25) is 0 Å². The summed E-state index contributed by atoms with van der Waals surface area (Å²) in [4.78, 5) is 0. The van der Waals surface area contributed by atoms with Crippen LogP contribution in [0.1, 0.15) is 12.5 Å². The van der Waals surface area contributed by atoms with Gasteiger partial charge in [-0.05, 0) is 13.0 Å². The van der Waals surface area contributed by atoms with Gasteiger partial charge in [-0.25, -0.2) is 4.39 Å². The predicted octanol–water partition coefficient (Wildman–Crippen LogP) is 3.03. The number of alkyl halides is 1. The minimum Gasteiger partial charge on any atom is -0.462 e. The molecule has 0 heterocycles. The van der Waals surface area contributed by atoms with Gasteiger partial charge in [0.25, 0.3) is 0 Å². The summed E-state index contributed by atoms with van der Waals surface area (Å²) in [6.07, 6.45) is 3.77. The summed E-state index contributed by atoms with van der Waals surface area (Å²) in [6.45, 7) is 1.13. The number of ether oxygens (including phenoxy) is 1. The zero-order chi connectivity index (χ0) is 8.81. The van der Waals surface area contributed by atoms with E-state index in [2.05, 4.69) is 0 Å². The molecule has 1 nitrogen and oxygen atoms in total. The number of benzene rings is 1. The molecule has 1 aromatic rings. The third kappa shape index (κ3) is 2.09. The van der Waals surface area contributed by atoms with Gasteiger partial charge in [0.15, 0.2) is 0 Å². The molecule has 0 saturated carbocycles. The second-order valence-corrected chi connectivity index (χ2v) is 2.29. The first kappa shape index (κ1) is 8.78. The zero-order valence-corrected chi connectivity index (χ0v) is 6.96. The molecule has 0 saturated heterocycles. The van der Waals surface area contributed by atoms with E-state index >= 15 is 0 Å². The van der Waals surface area contributed by atoms with Gasteiger partial charge in [-0.15, -0.1) is 0 Å². The summed E-state index contributed by atoms with van der Waals surface area (Å²) in [7, 11) is 0. The Morgan fingerprint density at radius 2 is 2.17 bits per heavy atom. The standard InChI is InChI=1S/C10H11FO/c1-2-5-9-6-3-4-7-10(9)12-8-11/h2-7H,8H2,1H3/b5-2+. The Kier molecular flexibility index (Phi) is 3.33. The van der Waals surface area contributed by atoms with Gasteiger partial charge in [0.05, 0.1) is 0 Å². The maximum absolute atomic E-state index is 11.9. The fourth-order valence-electron chi connectivity index (χ4n) is 0.988. The van der Waals surface area contributed by atoms with Crippen LogP contribution in [0.2, 0.25) is 0 Å². The van der Waals surface area contributed by atoms with Crippen molar-refractivity contribution in [2.45, 2.75) is 6.92 Å². The molecular formula is C10H11FO. The Bertz CT molecular complexity index is 268. The van der Waals surface area contributed by atoms with E-state index in [1.807, 2.05) is 37.3 Å². The summed E-state index contributed by atoms with van der Waals surface area (Å²) in [5.74, 6) is 0.582. The van der Waals surface area contributed by atoms with E-state index in [9.17, 15) is 4.39 Å². The van der Waals surface area contributed by atoms with Crippen molar-refractivity contribution in [2.75, 3.05) is 6.86 Å². The highest BCUT2D eigenvalue weighted by atomic mass is 19.1. The van der Waals surface area contributed by atoms with Crippen molar-refractivity contribution >= 4 is 6.08 Å². The third-order valence-electron chi connectivity index (χ3n) is 1.48. The lowest BCUT2D eigenvalue weighted by molar-refractivity contribution is 0.191. The summed E-state index contributed by atoms with van der Waals surface area (Å²) < 4.78 is 16.6. The molecule has 0 aliphatic carbocycles. The van der Waals surface area contributed by atoms with E-state index in [4.69, 9.17) is 4.74 Å². The van der Waals surface area contributed by atoms with Crippen LogP contribution in [0.25, 0.3) is 6.08 Å². The van der Waals surface area contributed by atoms with E-state index < -0.39 is 6.86 Å². The van der Waals surface area contributed by atoms with Gasteiger partial charge in [-0.2, -0.15) is 0 Å². The Hall–Kier alpha value is -1.31. The lowest BCUT2D eigenvalue weighted by Crippen LogP contribution is -1.91. The third-order valence-corrected chi connectivity index (χ3v) is 1.48. The summed E-state index contributed by atoms with van der Waals surface area (Å²) in [5, 5.41) is 0. The second kappa shape index (κ2) is 4.54. The molecule has 1 rings (SSSR count). The van der Waals surface area contributed by atoms with Gasteiger partial charge < -0.3 is 4.74 Å². The van der Waals surface area contributed by atoms with Gasteiger partial charge >= 0.3 is 0 Å². The van der Waals surface area contributed by atoms with Gasteiger partial charge in [-0.1, -0.05) is 30.4 Å². The molecule has 0 radical (unpaired) electrons. The van der Waals surface area contributed by atoms with Crippen LogP contribution in [-0.4, -0.2) is 6.86 Å². The average Bonchev–Trinajstić information content (AvgIpc) is 2.09. The molecule has 64 valence electrons. The van der Waals surface area contributed by atoms with Crippen LogP contribution in [0.15, 0.2) is 30.3 Å². The molecule has 0 spiro atoms. The maximum Gasteiger partial charge on any atom is 0.228 e. The van der Waals surface area contributed by atoms with E-state index in [0.29, 0.717) is 5.75 Å². The van der Waals surface area contributed by atoms with Crippen LogP contribution < -0.4 is 4.74 Å². The van der Waals surface area contributed by atoms with Crippen molar-refractivity contribution < 1.29 is 9.13 Å². The highest BCUT2D eigenvalue weighted by Gasteiger charge is 1.96. The van der Waals surface area contributed by atoms with Crippen molar-refractivity contribution in [1.82, 2.24) is 0 Å². The van der Waals surface area contributed by atoms with Crippen molar-refractivity contribution in [1.29, 1.82) is 0 Å². The maximum atomic E-state index is 11.9. The predicted molar refractivity (Wildman–Crippen MR) is 47.8 cm³/mol. The number of hydrogen-bond acceptors (Lipinski definition) is 1. The largest absolute Gasteiger partial charge is 0.462 e. The monoisotopic (exact) mass is 166 g/mol. The summed E-state index contributed by atoms with van der Waals surface area (Å²) >= 11 is 0. The van der Waals surface area contributed by atoms with Crippen LogP contribution in [0.3, 0.4) is 0 Å². The van der Waals surface area contributed by atoms with Crippen LogP contribution in [0.5, 0.6) is 5.75 Å². The van der Waals surface area contributed by atoms with E-state index in [1.165, 1.54) is 0 Å². The van der Waals surface area contributed by atoms with Crippen molar-refractivity contribution in [3.8, 4) is 5.75 Å². The molecule has 0 aromatic heterocycles. The number of rotatable bonds is 3. The molecule has 12 heavy (non-hydrogen) atoms. The van der Waals surface area contributed by atoms with Crippen LogP contribution in [0, 0.1) is 0 Å². The number of hydrogen-bond donors (Lipinski definition) is 0. The van der Waals surface area contributed by atoms with Gasteiger partial charge in [0.1, 0.15) is 5.75 Å². The van der Waals surface area contributed by atoms with Crippen LogP contribution >= 0.6 is 0 Å². The number of para-hydroxylation sites is 1. The van der Waals surface area contributed by atoms with E-state index in [0.717, 1.165) is 5.56 Å². The molecule has 0 fully saturated rings. The molecule has 1 aromatic carbocycles. The fraction of sp³-hybridized carbons (Fsp3) is 0.200. The van der Waals surface area contributed by atoms with Crippen molar-refractivity contribution in [2.24, 2.45) is 0 Å². The topological polar surface area (TPSA) is 9.23 Å². The molecule has 0 aliphatic rings. The Morgan fingerprint density at radius 3 is 2.83 bits per heavy atom. The quantitative estimate of drug-likeness (QED) is 0.670. The van der Waals surface area contributed by atoms with Gasteiger partial charge in [0.2, 0.25) is 6.86 Å². The average molecular weight is 166 g/mol. The Balaban J connectivity index is 2.91. The van der Waals surface area contributed by atoms with Crippen LogP contribution in [0.4, 0.5) is 4.39 Å². The van der Waals surface area contributed by atoms with Crippen molar-refractivity contribution in [3.63, 3.8) is 0 Å². The Labute approximate surface area is 71.5 Å². The minimum atomic E-state index is -0.783. The minimum absolute atomic E-state index is 0.582. The van der Waals surface area contributed by atoms with Crippen LogP contribution in [-0.2, 0) is 0 Å². The first-order valence-corrected chi connectivity index (χ1v) is 3.79. The molecule has 0 unspecified atom stereocenters. The SMILES string of the molecule is C/C=C/c1ccccc1OCF. The fourth-order valence-corrected chi connectivity index (χ4v) is 0.988. The normalized spacial score (nSPS) is 10.5. The number of halogens is 1. The highest BCUT2D eigenvalue weighted by molar-refractivity contribution is 5.56. The molecule has 0 atom stereocenters. The molecular weight excluding hydrogens is 155 g/mol. The van der Waals surface area contributed by atoms with Crippen molar-refractivity contribution in [3.05, 3.63) is 35.9 Å². The molecule has 0 bridgehead atoms. The Morgan fingerprint density at radius 1 is 1.42 bits per heavy atom. The molecule has 0 amide bonds. The molecule has 2 heteroatoms. The highest BCUT2D eigenvalue weighted by Crippen LogP contribution is 2.19. The molecule has 0 N–H and O–H groups in total. The summed E-state index contributed by atoms with van der Waals surface area (Å²) in [6, 6.07) is 7.33. The first-order valence-electron chi connectivity index (χ1n) is 3.79. The first-order chi connectivity index (χ1) is 5.88. The zero-order valence-electron chi connectivity index (χ0n) is 6.96. The second-order valence-electron chi connectivity index (χ2n) is 2.29. The smallest absolute Gasteiger partial charge is 0.228 e. The summed E-state index contributed by atoms with van der Waals surface area (Å²) in [5.41, 5.74) is 0.901. The number of allylic oxidation sites excluding steroid dienone is 1. The van der Waals surface area contributed by atoms with Gasteiger partial charge in [0, 0.05) is 5.56 Å². The van der Waals surface area contributed by atoms with E-state index in [-0.39, 0.29) is 0 Å². The lowest BCUT2D eigenvalue weighted by Gasteiger charge is -2.03. The van der Waals surface area contributed by atoms with E-state index in [1.54, 1.807) is 6.07 Å².